The monoisotopic (exact) mass is 387 g/mol. The van der Waals surface area contributed by atoms with Crippen molar-refractivity contribution in [2.45, 2.75) is 39.7 Å². The van der Waals surface area contributed by atoms with Gasteiger partial charge < -0.3 is 15.4 Å². The van der Waals surface area contributed by atoms with Crippen LogP contribution in [0.3, 0.4) is 0 Å². The van der Waals surface area contributed by atoms with Crippen molar-refractivity contribution in [3.63, 3.8) is 0 Å². The minimum Gasteiger partial charge on any atom is -0.376 e. The third-order valence-corrected chi connectivity index (χ3v) is 4.98. The molecule has 2 N–H and O–H groups in total. The summed E-state index contributed by atoms with van der Waals surface area (Å²) in [5.74, 6) is 0.404. The number of nitrogens with zero attached hydrogens (tertiary/aromatic N) is 1. The molecule has 1 fully saturated rings. The fourth-order valence-corrected chi connectivity index (χ4v) is 3.15. The van der Waals surface area contributed by atoms with Gasteiger partial charge in [-0.05, 0) is 36.5 Å². The summed E-state index contributed by atoms with van der Waals surface area (Å²) in [6.07, 6.45) is 2.71. The van der Waals surface area contributed by atoms with Crippen molar-refractivity contribution in [2.24, 2.45) is 11.8 Å². The van der Waals surface area contributed by atoms with Crippen molar-refractivity contribution in [2.75, 3.05) is 17.2 Å². The molecule has 0 unspecified atom stereocenters. The van der Waals surface area contributed by atoms with Gasteiger partial charge in [-0.25, -0.2) is 4.98 Å². The number of carbonyl (C=O) groups is 2. The quantitative estimate of drug-likeness (QED) is 0.685. The van der Waals surface area contributed by atoms with Crippen LogP contribution in [0.1, 0.15) is 37.9 Å². The minimum atomic E-state index is -0.141. The number of aromatic nitrogens is 1. The highest BCUT2D eigenvalue weighted by Crippen LogP contribution is 2.29. The molecule has 0 saturated heterocycles. The lowest BCUT2D eigenvalue weighted by Crippen LogP contribution is -2.18. The van der Waals surface area contributed by atoms with Gasteiger partial charge in [0.25, 0.3) is 0 Å². The number of benzene rings is 1. The molecule has 27 heavy (non-hydrogen) atoms. The van der Waals surface area contributed by atoms with E-state index in [0.29, 0.717) is 17.4 Å². The predicted molar refractivity (Wildman–Crippen MR) is 107 cm³/mol. The van der Waals surface area contributed by atoms with Crippen LogP contribution in [0.25, 0.3) is 0 Å². The van der Waals surface area contributed by atoms with Crippen molar-refractivity contribution < 1.29 is 14.3 Å². The number of hydrogen-bond acceptors (Lipinski definition) is 5. The van der Waals surface area contributed by atoms with Gasteiger partial charge in [-0.15, -0.1) is 11.3 Å². The highest BCUT2D eigenvalue weighted by molar-refractivity contribution is 7.13. The van der Waals surface area contributed by atoms with Crippen LogP contribution in [-0.2, 0) is 27.4 Å². The van der Waals surface area contributed by atoms with E-state index in [1.807, 2.05) is 38.1 Å². The Bertz CT molecular complexity index is 799. The van der Waals surface area contributed by atoms with E-state index in [2.05, 4.69) is 15.6 Å². The molecule has 0 spiro atoms. The highest BCUT2D eigenvalue weighted by Gasteiger charge is 2.21. The van der Waals surface area contributed by atoms with Gasteiger partial charge in [0.15, 0.2) is 5.13 Å². The Balaban J connectivity index is 1.48. The third kappa shape index (κ3) is 6.45. The average molecular weight is 388 g/mol. The maximum absolute atomic E-state index is 12.3. The summed E-state index contributed by atoms with van der Waals surface area (Å²) in [7, 11) is 0. The van der Waals surface area contributed by atoms with Crippen LogP contribution in [0.15, 0.2) is 29.6 Å². The molecular formula is C20H25N3O3S. The van der Waals surface area contributed by atoms with Crippen LogP contribution >= 0.6 is 11.3 Å². The largest absolute Gasteiger partial charge is 0.376 e. The van der Waals surface area contributed by atoms with E-state index in [1.165, 1.54) is 24.2 Å². The number of anilines is 2. The van der Waals surface area contributed by atoms with E-state index >= 15 is 0 Å². The minimum absolute atomic E-state index is 0.0823. The first-order valence-corrected chi connectivity index (χ1v) is 10.1. The van der Waals surface area contributed by atoms with E-state index in [4.69, 9.17) is 4.74 Å². The van der Waals surface area contributed by atoms with Gasteiger partial charge in [0, 0.05) is 23.6 Å². The molecule has 7 heteroatoms. The van der Waals surface area contributed by atoms with Gasteiger partial charge in [0.2, 0.25) is 11.8 Å². The van der Waals surface area contributed by atoms with Gasteiger partial charge in [0.1, 0.15) is 0 Å². The summed E-state index contributed by atoms with van der Waals surface area (Å²) in [6, 6.07) is 7.69. The van der Waals surface area contributed by atoms with Crippen LogP contribution in [0.5, 0.6) is 0 Å². The molecule has 1 aromatic carbocycles. The first-order chi connectivity index (χ1) is 13.0. The molecule has 1 aliphatic carbocycles. The van der Waals surface area contributed by atoms with E-state index in [0.717, 1.165) is 23.8 Å². The Hall–Kier alpha value is -2.25. The molecule has 1 saturated carbocycles. The lowest BCUT2D eigenvalue weighted by molar-refractivity contribution is -0.119. The molecule has 2 amide bonds. The molecule has 6 nitrogen and oxygen atoms in total. The van der Waals surface area contributed by atoms with E-state index in [-0.39, 0.29) is 24.2 Å². The summed E-state index contributed by atoms with van der Waals surface area (Å²) < 4.78 is 5.69. The summed E-state index contributed by atoms with van der Waals surface area (Å²) in [4.78, 5) is 28.3. The highest BCUT2D eigenvalue weighted by atomic mass is 32.1. The number of amides is 2. The topological polar surface area (TPSA) is 80.3 Å². The van der Waals surface area contributed by atoms with Gasteiger partial charge in [0.05, 0.1) is 18.7 Å². The van der Waals surface area contributed by atoms with Gasteiger partial charge in [-0.3, -0.25) is 9.59 Å². The number of rotatable bonds is 9. The Labute approximate surface area is 163 Å². The summed E-state index contributed by atoms with van der Waals surface area (Å²) in [5, 5.41) is 7.95. The molecule has 0 aliphatic heterocycles. The molecule has 0 bridgehead atoms. The number of ether oxygens (including phenoxy) is 1. The molecule has 0 radical (unpaired) electrons. The number of hydrogen-bond donors (Lipinski definition) is 2. The molecule has 1 aliphatic rings. The Morgan fingerprint density at radius 2 is 2.11 bits per heavy atom. The molecule has 0 atom stereocenters. The summed E-state index contributed by atoms with van der Waals surface area (Å²) in [6.45, 7) is 5.02. The summed E-state index contributed by atoms with van der Waals surface area (Å²) >= 11 is 1.32. The fraction of sp³-hybridized carbons (Fsp3) is 0.450. The Morgan fingerprint density at radius 3 is 2.85 bits per heavy atom. The standard InChI is InChI=1S/C20H25N3O3S/c1-13(2)19(25)23-20-22-17(12-27-20)9-18(24)21-16-5-3-4-15(8-16)11-26-10-14-6-7-14/h3-5,8,12-14H,6-7,9-11H2,1-2H3,(H,21,24)(H,22,23,25). The predicted octanol–water partition coefficient (Wildman–Crippen LogP) is 3.85. The van der Waals surface area contributed by atoms with E-state index < -0.39 is 0 Å². The number of carbonyl (C=O) groups excluding carboxylic acids is 2. The van der Waals surface area contributed by atoms with Crippen LogP contribution in [-0.4, -0.2) is 23.4 Å². The molecule has 3 rings (SSSR count). The normalized spacial score (nSPS) is 13.6. The first-order valence-electron chi connectivity index (χ1n) is 9.21. The molecule has 2 aromatic rings. The van der Waals surface area contributed by atoms with Crippen molar-refractivity contribution in [3.05, 3.63) is 40.9 Å². The maximum Gasteiger partial charge on any atom is 0.230 e. The molecular weight excluding hydrogens is 362 g/mol. The second-order valence-corrected chi connectivity index (χ2v) is 8.03. The number of thiazole rings is 1. The van der Waals surface area contributed by atoms with Crippen molar-refractivity contribution >= 4 is 34.0 Å². The van der Waals surface area contributed by atoms with Gasteiger partial charge in [-0.2, -0.15) is 0 Å². The van der Waals surface area contributed by atoms with Crippen molar-refractivity contribution in [3.8, 4) is 0 Å². The van der Waals surface area contributed by atoms with E-state index in [1.54, 1.807) is 5.38 Å². The Kier molecular flexibility index (Phi) is 6.58. The lowest BCUT2D eigenvalue weighted by atomic mass is 10.2. The zero-order valence-electron chi connectivity index (χ0n) is 15.7. The smallest absolute Gasteiger partial charge is 0.230 e. The van der Waals surface area contributed by atoms with Crippen LogP contribution in [0.2, 0.25) is 0 Å². The lowest BCUT2D eigenvalue weighted by Gasteiger charge is -2.08. The molecule has 1 heterocycles. The van der Waals surface area contributed by atoms with Gasteiger partial charge in [-0.1, -0.05) is 26.0 Å². The average Bonchev–Trinajstić information content (AvgIpc) is 3.34. The first kappa shape index (κ1) is 19.5. The second kappa shape index (κ2) is 9.10. The molecule has 1 aromatic heterocycles. The molecule has 144 valence electrons. The van der Waals surface area contributed by atoms with Crippen LogP contribution in [0, 0.1) is 11.8 Å². The SMILES string of the molecule is CC(C)C(=O)Nc1nc(CC(=O)Nc2cccc(COCC3CC3)c2)cs1. The second-order valence-electron chi connectivity index (χ2n) is 7.17. The zero-order chi connectivity index (χ0) is 19.2. The van der Waals surface area contributed by atoms with E-state index in [9.17, 15) is 9.59 Å². The number of nitrogens with one attached hydrogen (secondary N) is 2. The zero-order valence-corrected chi connectivity index (χ0v) is 16.5. The van der Waals surface area contributed by atoms with Crippen LogP contribution in [0.4, 0.5) is 10.8 Å². The summed E-state index contributed by atoms with van der Waals surface area (Å²) in [5.41, 5.74) is 2.43. The van der Waals surface area contributed by atoms with Crippen molar-refractivity contribution in [1.29, 1.82) is 0 Å². The fourth-order valence-electron chi connectivity index (χ4n) is 2.43. The third-order valence-electron chi connectivity index (χ3n) is 4.18. The maximum atomic E-state index is 12.3. The Morgan fingerprint density at radius 1 is 1.30 bits per heavy atom. The van der Waals surface area contributed by atoms with Crippen molar-refractivity contribution in [1.82, 2.24) is 4.98 Å². The van der Waals surface area contributed by atoms with Gasteiger partial charge >= 0.3 is 0 Å². The van der Waals surface area contributed by atoms with Crippen LogP contribution < -0.4 is 10.6 Å².